The smallest absolute Gasteiger partial charge is 0.224 e. The Morgan fingerprint density at radius 3 is 2.91 bits per heavy atom. The number of hydrogen-bond donors (Lipinski definition) is 3. The minimum Gasteiger partial charge on any atom is -0.346 e. The highest BCUT2D eigenvalue weighted by molar-refractivity contribution is 5.83. The van der Waals surface area contributed by atoms with Crippen molar-refractivity contribution < 1.29 is 4.79 Å². The van der Waals surface area contributed by atoms with Crippen molar-refractivity contribution in [2.24, 2.45) is 11.3 Å². The van der Waals surface area contributed by atoms with E-state index in [1.165, 1.54) is 0 Å². The number of aromatic amines is 1. The molecule has 1 aromatic heterocycles. The molecule has 1 amide bonds. The normalized spacial score (nSPS) is 23.8. The minimum atomic E-state index is -0.0331. The Balaban J connectivity index is 1.47. The number of hydrogen-bond acceptors (Lipinski definition) is 3. The van der Waals surface area contributed by atoms with Gasteiger partial charge in [-0.15, -0.1) is 0 Å². The second-order valence-electron chi connectivity index (χ2n) is 6.98. The molecule has 0 bridgehead atoms. The van der Waals surface area contributed by atoms with Crippen molar-refractivity contribution in [3.8, 4) is 0 Å². The lowest BCUT2D eigenvalue weighted by Crippen LogP contribution is -2.35. The van der Waals surface area contributed by atoms with Crippen LogP contribution in [0.1, 0.15) is 44.5 Å². The van der Waals surface area contributed by atoms with Gasteiger partial charge in [-0.1, -0.05) is 19.1 Å². The largest absolute Gasteiger partial charge is 0.346 e. The van der Waals surface area contributed by atoms with E-state index in [0.29, 0.717) is 0 Å². The molecular weight excluding hydrogens is 288 g/mol. The maximum atomic E-state index is 12.7. The fourth-order valence-electron chi connectivity index (χ4n) is 3.97. The second kappa shape index (κ2) is 5.64. The number of H-pyrrole nitrogens is 1. The van der Waals surface area contributed by atoms with E-state index in [-0.39, 0.29) is 23.3 Å². The summed E-state index contributed by atoms with van der Waals surface area (Å²) in [6, 6.07) is 7.96. The quantitative estimate of drug-likeness (QED) is 0.812. The van der Waals surface area contributed by atoms with Gasteiger partial charge in [0.15, 0.2) is 0 Å². The van der Waals surface area contributed by atoms with Gasteiger partial charge in [0.25, 0.3) is 0 Å². The topological polar surface area (TPSA) is 69.8 Å². The first-order valence-corrected chi connectivity index (χ1v) is 8.67. The summed E-state index contributed by atoms with van der Waals surface area (Å²) in [5.74, 6) is 1.27. The summed E-state index contributed by atoms with van der Waals surface area (Å²) >= 11 is 0. The third-order valence-corrected chi connectivity index (χ3v) is 5.57. The van der Waals surface area contributed by atoms with E-state index >= 15 is 0 Å². The molecule has 2 aromatic rings. The van der Waals surface area contributed by atoms with Gasteiger partial charge in [-0.05, 0) is 56.3 Å². The van der Waals surface area contributed by atoms with Crippen LogP contribution in [-0.2, 0) is 4.79 Å². The standard InChI is InChI=1S/C18H24N4O/c1-2-13(16-20-14-5-3-4-6-15(14)21-16)22-17(23)12-11-18(12)7-9-19-10-8-18/h3-6,12-13,19H,2,7-11H2,1H3,(H,20,21)(H,22,23). The molecular formula is C18H24N4O. The molecule has 1 spiro atoms. The number of nitrogens with one attached hydrogen (secondary N) is 3. The van der Waals surface area contributed by atoms with Crippen LogP contribution in [0.4, 0.5) is 0 Å². The molecule has 3 N–H and O–H groups in total. The van der Waals surface area contributed by atoms with Crippen molar-refractivity contribution in [3.05, 3.63) is 30.1 Å². The number of rotatable bonds is 4. The van der Waals surface area contributed by atoms with Crippen LogP contribution in [0.2, 0.25) is 0 Å². The highest BCUT2D eigenvalue weighted by Gasteiger charge is 2.57. The van der Waals surface area contributed by atoms with Gasteiger partial charge in [-0.2, -0.15) is 0 Å². The lowest BCUT2D eigenvalue weighted by molar-refractivity contribution is -0.124. The molecule has 5 heteroatoms. The zero-order valence-electron chi connectivity index (χ0n) is 13.6. The van der Waals surface area contributed by atoms with Crippen LogP contribution in [0, 0.1) is 11.3 Å². The molecule has 5 nitrogen and oxygen atoms in total. The molecule has 122 valence electrons. The molecule has 1 aliphatic carbocycles. The first-order valence-electron chi connectivity index (χ1n) is 8.67. The van der Waals surface area contributed by atoms with Crippen LogP contribution in [0.3, 0.4) is 0 Å². The molecule has 23 heavy (non-hydrogen) atoms. The summed E-state index contributed by atoms with van der Waals surface area (Å²) in [5, 5.41) is 6.61. The van der Waals surface area contributed by atoms with Crippen LogP contribution in [0.5, 0.6) is 0 Å². The first-order chi connectivity index (χ1) is 11.2. The fraction of sp³-hybridized carbons (Fsp3) is 0.556. The molecule has 0 radical (unpaired) electrons. The number of nitrogens with zero attached hydrogens (tertiary/aromatic N) is 1. The van der Waals surface area contributed by atoms with Crippen molar-refractivity contribution in [1.82, 2.24) is 20.6 Å². The Labute approximate surface area is 136 Å². The molecule has 2 aliphatic rings. The molecule has 4 rings (SSSR count). The lowest BCUT2D eigenvalue weighted by atomic mass is 9.91. The Kier molecular flexibility index (Phi) is 3.60. The molecule has 2 atom stereocenters. The molecule has 1 saturated heterocycles. The van der Waals surface area contributed by atoms with Crippen molar-refractivity contribution in [2.75, 3.05) is 13.1 Å². The molecule has 1 aliphatic heterocycles. The van der Waals surface area contributed by atoms with Gasteiger partial charge < -0.3 is 15.6 Å². The zero-order chi connectivity index (χ0) is 15.9. The van der Waals surface area contributed by atoms with Crippen molar-refractivity contribution in [3.63, 3.8) is 0 Å². The number of amides is 1. The minimum absolute atomic E-state index is 0.0331. The van der Waals surface area contributed by atoms with E-state index in [9.17, 15) is 4.79 Å². The molecule has 2 unspecified atom stereocenters. The fourth-order valence-corrected chi connectivity index (χ4v) is 3.97. The number of carbonyl (C=O) groups is 1. The van der Waals surface area contributed by atoms with E-state index in [2.05, 4.69) is 27.5 Å². The van der Waals surface area contributed by atoms with Crippen molar-refractivity contribution in [2.45, 2.75) is 38.6 Å². The monoisotopic (exact) mass is 312 g/mol. The van der Waals surface area contributed by atoms with E-state index in [4.69, 9.17) is 0 Å². The van der Waals surface area contributed by atoms with Gasteiger partial charge in [0.1, 0.15) is 5.82 Å². The van der Waals surface area contributed by atoms with Crippen LogP contribution in [0.15, 0.2) is 24.3 Å². The van der Waals surface area contributed by atoms with Gasteiger partial charge in [0.2, 0.25) is 5.91 Å². The Morgan fingerprint density at radius 2 is 2.17 bits per heavy atom. The number of fused-ring (bicyclic) bond motifs is 1. The van der Waals surface area contributed by atoms with Crippen LogP contribution >= 0.6 is 0 Å². The molecule has 2 heterocycles. The van der Waals surface area contributed by atoms with E-state index in [0.717, 1.165) is 55.6 Å². The lowest BCUT2D eigenvalue weighted by Gasteiger charge is -2.24. The Hall–Kier alpha value is -1.88. The summed E-state index contributed by atoms with van der Waals surface area (Å²) in [6.45, 7) is 4.18. The highest BCUT2D eigenvalue weighted by Crippen LogP contribution is 2.58. The van der Waals surface area contributed by atoms with Crippen LogP contribution < -0.4 is 10.6 Å². The number of benzene rings is 1. The average molecular weight is 312 g/mol. The van der Waals surface area contributed by atoms with Crippen molar-refractivity contribution >= 4 is 16.9 Å². The summed E-state index contributed by atoms with van der Waals surface area (Å²) in [7, 11) is 0. The summed E-state index contributed by atoms with van der Waals surface area (Å²) < 4.78 is 0. The van der Waals surface area contributed by atoms with E-state index in [1.54, 1.807) is 0 Å². The number of imidazole rings is 1. The van der Waals surface area contributed by atoms with Gasteiger partial charge in [-0.25, -0.2) is 4.98 Å². The average Bonchev–Trinajstić information content (AvgIpc) is 3.09. The second-order valence-corrected chi connectivity index (χ2v) is 6.98. The van der Waals surface area contributed by atoms with Gasteiger partial charge in [0.05, 0.1) is 17.1 Å². The van der Waals surface area contributed by atoms with E-state index < -0.39 is 0 Å². The number of carbonyl (C=O) groups excluding carboxylic acids is 1. The van der Waals surface area contributed by atoms with Gasteiger partial charge in [-0.3, -0.25) is 4.79 Å². The molecule has 2 fully saturated rings. The third-order valence-electron chi connectivity index (χ3n) is 5.57. The van der Waals surface area contributed by atoms with Gasteiger partial charge >= 0.3 is 0 Å². The van der Waals surface area contributed by atoms with Crippen LogP contribution in [-0.4, -0.2) is 29.0 Å². The zero-order valence-corrected chi connectivity index (χ0v) is 13.6. The number of aromatic nitrogens is 2. The van der Waals surface area contributed by atoms with E-state index in [1.807, 2.05) is 24.3 Å². The summed E-state index contributed by atoms with van der Waals surface area (Å²) in [4.78, 5) is 20.7. The van der Waals surface area contributed by atoms with Crippen molar-refractivity contribution in [1.29, 1.82) is 0 Å². The SMILES string of the molecule is CCC(NC(=O)C1CC12CCNCC2)c1nc2ccccc2[nH]1. The maximum absolute atomic E-state index is 12.7. The Morgan fingerprint density at radius 1 is 1.39 bits per heavy atom. The van der Waals surface area contributed by atoms with Crippen LogP contribution in [0.25, 0.3) is 11.0 Å². The number of para-hydroxylation sites is 2. The number of piperidine rings is 1. The Bertz CT molecular complexity index is 684. The summed E-state index contributed by atoms with van der Waals surface area (Å²) in [6.07, 6.45) is 4.16. The molecule has 1 saturated carbocycles. The third kappa shape index (κ3) is 2.63. The summed E-state index contributed by atoms with van der Waals surface area (Å²) in [5.41, 5.74) is 2.26. The maximum Gasteiger partial charge on any atom is 0.224 e. The predicted octanol–water partition coefficient (Wildman–Crippen LogP) is 2.52. The first kappa shape index (κ1) is 14.7. The predicted molar refractivity (Wildman–Crippen MR) is 89.9 cm³/mol. The highest BCUT2D eigenvalue weighted by atomic mass is 16.2. The van der Waals surface area contributed by atoms with Gasteiger partial charge in [0, 0.05) is 5.92 Å². The molecule has 1 aromatic carbocycles.